The van der Waals surface area contributed by atoms with E-state index in [2.05, 4.69) is 10.4 Å². The fraction of sp³-hybridized carbons (Fsp3) is 0.789. The number of hydrogen-bond acceptors (Lipinski definition) is 5. The van der Waals surface area contributed by atoms with Gasteiger partial charge in [-0.2, -0.15) is 5.10 Å². The first-order chi connectivity index (χ1) is 12.1. The van der Waals surface area contributed by atoms with Gasteiger partial charge in [-0.1, -0.05) is 0 Å². The molecule has 1 aromatic heterocycles. The Morgan fingerprint density at radius 2 is 2.12 bits per heavy atom. The summed E-state index contributed by atoms with van der Waals surface area (Å²) >= 11 is 0. The molecule has 1 saturated carbocycles. The maximum Gasteiger partial charge on any atom is 0.267 e. The van der Waals surface area contributed by atoms with Crippen molar-refractivity contribution in [2.75, 3.05) is 19.8 Å². The lowest BCUT2D eigenvalue weighted by Gasteiger charge is -2.35. The van der Waals surface area contributed by atoms with Crippen molar-refractivity contribution in [1.82, 2.24) is 15.1 Å². The highest BCUT2D eigenvalue weighted by atomic mass is 16.5. The second-order valence-corrected chi connectivity index (χ2v) is 8.02. The molecule has 1 aliphatic heterocycles. The van der Waals surface area contributed by atoms with Gasteiger partial charge in [-0.3, -0.25) is 4.79 Å². The first kappa shape index (κ1) is 17.2. The van der Waals surface area contributed by atoms with Gasteiger partial charge in [-0.25, -0.2) is 4.68 Å². The molecule has 2 N–H and O–H groups in total. The monoisotopic (exact) mass is 347 g/mol. The predicted molar refractivity (Wildman–Crippen MR) is 94.8 cm³/mol. The number of aryl methyl sites for hydroxylation is 2. The Kier molecular flexibility index (Phi) is 4.93. The van der Waals surface area contributed by atoms with E-state index in [0.717, 1.165) is 75.7 Å². The third-order valence-corrected chi connectivity index (χ3v) is 6.05. The molecule has 4 rings (SSSR count). The molecule has 25 heavy (non-hydrogen) atoms. The highest BCUT2D eigenvalue weighted by Gasteiger charge is 2.32. The van der Waals surface area contributed by atoms with Gasteiger partial charge in [-0.05, 0) is 63.4 Å². The Bertz CT molecular complexity index is 658. The second-order valence-electron chi connectivity index (χ2n) is 8.02. The van der Waals surface area contributed by atoms with Crippen LogP contribution in [0.25, 0.3) is 0 Å². The average molecular weight is 347 g/mol. The SMILES string of the molecule is O=c1cc2c(nn1C1CCC(NCC3(O)CCCOC3)CC1)CCC2. The van der Waals surface area contributed by atoms with E-state index in [4.69, 9.17) is 4.74 Å². The van der Waals surface area contributed by atoms with E-state index >= 15 is 0 Å². The van der Waals surface area contributed by atoms with Crippen molar-refractivity contribution in [1.29, 1.82) is 0 Å². The number of rotatable bonds is 4. The maximum absolute atomic E-state index is 12.4. The van der Waals surface area contributed by atoms with Crippen LogP contribution in [0.4, 0.5) is 0 Å². The Balaban J connectivity index is 1.32. The van der Waals surface area contributed by atoms with Gasteiger partial charge in [0.25, 0.3) is 5.56 Å². The number of ether oxygens (including phenoxy) is 1. The lowest BCUT2D eigenvalue weighted by atomic mass is 9.90. The Hall–Kier alpha value is -1.24. The summed E-state index contributed by atoms with van der Waals surface area (Å²) in [5.74, 6) is 0. The average Bonchev–Trinajstić information content (AvgIpc) is 3.08. The molecular formula is C19H29N3O3. The fourth-order valence-corrected chi connectivity index (χ4v) is 4.51. The van der Waals surface area contributed by atoms with Crippen LogP contribution in [-0.4, -0.2) is 46.3 Å². The molecule has 0 bridgehead atoms. The number of fused-ring (bicyclic) bond motifs is 1. The minimum absolute atomic E-state index is 0.0609. The third kappa shape index (κ3) is 3.81. The number of nitrogens with one attached hydrogen (secondary N) is 1. The van der Waals surface area contributed by atoms with Crippen LogP contribution in [-0.2, 0) is 17.6 Å². The summed E-state index contributed by atoms with van der Waals surface area (Å²) in [7, 11) is 0. The van der Waals surface area contributed by atoms with Gasteiger partial charge >= 0.3 is 0 Å². The van der Waals surface area contributed by atoms with Gasteiger partial charge in [-0.15, -0.1) is 0 Å². The zero-order valence-corrected chi connectivity index (χ0v) is 14.9. The van der Waals surface area contributed by atoms with Gasteiger partial charge in [0, 0.05) is 25.3 Å². The summed E-state index contributed by atoms with van der Waals surface area (Å²) in [6.45, 7) is 1.79. The van der Waals surface area contributed by atoms with Crippen LogP contribution in [0.15, 0.2) is 10.9 Å². The third-order valence-electron chi connectivity index (χ3n) is 6.05. The molecule has 138 valence electrons. The summed E-state index contributed by atoms with van der Waals surface area (Å²) in [4.78, 5) is 12.4. The van der Waals surface area contributed by atoms with Crippen molar-refractivity contribution in [2.45, 2.75) is 75.5 Å². The Morgan fingerprint density at radius 1 is 1.28 bits per heavy atom. The van der Waals surface area contributed by atoms with Gasteiger partial charge in [0.15, 0.2) is 0 Å². The molecular weight excluding hydrogens is 318 g/mol. The van der Waals surface area contributed by atoms with Gasteiger partial charge < -0.3 is 15.2 Å². The van der Waals surface area contributed by atoms with E-state index in [1.165, 1.54) is 0 Å². The summed E-state index contributed by atoms with van der Waals surface area (Å²) in [6, 6.07) is 2.43. The highest BCUT2D eigenvalue weighted by molar-refractivity contribution is 5.22. The Labute approximate surface area is 148 Å². The molecule has 0 radical (unpaired) electrons. The van der Waals surface area contributed by atoms with Crippen LogP contribution >= 0.6 is 0 Å². The van der Waals surface area contributed by atoms with Crippen molar-refractivity contribution in [3.05, 3.63) is 27.7 Å². The van der Waals surface area contributed by atoms with Crippen molar-refractivity contribution in [3.63, 3.8) is 0 Å². The first-order valence-electron chi connectivity index (χ1n) is 9.78. The number of aromatic nitrogens is 2. The van der Waals surface area contributed by atoms with Crippen LogP contribution in [0.2, 0.25) is 0 Å². The van der Waals surface area contributed by atoms with E-state index in [1.807, 2.05) is 0 Å². The van der Waals surface area contributed by atoms with E-state index < -0.39 is 5.60 Å². The minimum atomic E-state index is -0.715. The molecule has 2 heterocycles. The van der Waals surface area contributed by atoms with Crippen molar-refractivity contribution in [2.24, 2.45) is 0 Å². The predicted octanol–water partition coefficient (Wildman–Crippen LogP) is 1.35. The van der Waals surface area contributed by atoms with Crippen molar-refractivity contribution < 1.29 is 9.84 Å². The largest absolute Gasteiger partial charge is 0.386 e. The van der Waals surface area contributed by atoms with Gasteiger partial charge in [0.05, 0.1) is 18.3 Å². The highest BCUT2D eigenvalue weighted by Crippen LogP contribution is 2.28. The standard InChI is InChI=1S/C19H29N3O3/c23-18-11-14-3-1-4-17(14)21-22(18)16-7-5-15(6-8-16)20-12-19(24)9-2-10-25-13-19/h11,15-16,20,24H,1-10,12-13H2. The topological polar surface area (TPSA) is 76.4 Å². The van der Waals surface area contributed by atoms with E-state index in [1.54, 1.807) is 10.7 Å². The van der Waals surface area contributed by atoms with Gasteiger partial charge in [0.2, 0.25) is 0 Å². The Morgan fingerprint density at radius 3 is 2.88 bits per heavy atom. The summed E-state index contributed by atoms with van der Waals surface area (Å²) in [5, 5.41) is 18.7. The summed E-state index contributed by atoms with van der Waals surface area (Å²) in [5.41, 5.74) is 1.62. The van der Waals surface area contributed by atoms with Crippen molar-refractivity contribution >= 4 is 0 Å². The summed E-state index contributed by atoms with van der Waals surface area (Å²) < 4.78 is 7.15. The van der Waals surface area contributed by atoms with E-state index in [-0.39, 0.29) is 11.6 Å². The molecule has 1 aromatic rings. The van der Waals surface area contributed by atoms with Crippen LogP contribution in [0.3, 0.4) is 0 Å². The van der Waals surface area contributed by atoms with Crippen LogP contribution in [0.1, 0.15) is 62.2 Å². The quantitative estimate of drug-likeness (QED) is 0.860. The summed E-state index contributed by atoms with van der Waals surface area (Å²) in [6.07, 6.45) is 8.85. The fourth-order valence-electron chi connectivity index (χ4n) is 4.51. The molecule has 6 nitrogen and oxygen atoms in total. The molecule has 0 spiro atoms. The molecule has 2 aliphatic carbocycles. The van der Waals surface area contributed by atoms with Crippen LogP contribution in [0.5, 0.6) is 0 Å². The van der Waals surface area contributed by atoms with E-state index in [0.29, 0.717) is 19.2 Å². The molecule has 3 aliphatic rings. The van der Waals surface area contributed by atoms with Gasteiger partial charge in [0.1, 0.15) is 5.60 Å². The zero-order chi connectivity index (χ0) is 17.3. The number of aliphatic hydroxyl groups is 1. The molecule has 6 heteroatoms. The second kappa shape index (κ2) is 7.17. The maximum atomic E-state index is 12.4. The smallest absolute Gasteiger partial charge is 0.267 e. The molecule has 1 unspecified atom stereocenters. The molecule has 0 amide bonds. The lowest BCUT2D eigenvalue weighted by molar-refractivity contribution is -0.0848. The van der Waals surface area contributed by atoms with Crippen LogP contribution < -0.4 is 10.9 Å². The lowest BCUT2D eigenvalue weighted by Crippen LogP contribution is -2.50. The zero-order valence-electron chi connectivity index (χ0n) is 14.9. The number of nitrogens with zero attached hydrogens (tertiary/aromatic N) is 2. The number of hydrogen-bond donors (Lipinski definition) is 2. The molecule has 1 atom stereocenters. The minimum Gasteiger partial charge on any atom is -0.386 e. The molecule has 0 aromatic carbocycles. The molecule has 2 fully saturated rings. The first-order valence-corrected chi connectivity index (χ1v) is 9.78. The van der Waals surface area contributed by atoms with E-state index in [9.17, 15) is 9.90 Å². The molecule has 1 saturated heterocycles. The van der Waals surface area contributed by atoms with Crippen LogP contribution in [0, 0.1) is 0 Å². The normalized spacial score (nSPS) is 32.5. The van der Waals surface area contributed by atoms with Crippen molar-refractivity contribution in [3.8, 4) is 0 Å².